The first-order valence-corrected chi connectivity index (χ1v) is 11.3. The van der Waals surface area contributed by atoms with Gasteiger partial charge in [-0.1, -0.05) is 19.1 Å². The van der Waals surface area contributed by atoms with E-state index in [4.69, 9.17) is 4.98 Å². The third-order valence-corrected chi connectivity index (χ3v) is 5.81. The van der Waals surface area contributed by atoms with Gasteiger partial charge in [-0.15, -0.1) is 0 Å². The predicted octanol–water partition coefficient (Wildman–Crippen LogP) is 5.11. The molecule has 1 amide bonds. The molecule has 0 fully saturated rings. The molecule has 0 aliphatic heterocycles. The molecule has 5 heterocycles. The number of benzene rings is 1. The Kier molecular flexibility index (Phi) is 5.18. The number of aromatic nitrogens is 7. The van der Waals surface area contributed by atoms with Crippen molar-refractivity contribution in [2.24, 2.45) is 0 Å². The lowest BCUT2D eigenvalue weighted by Crippen LogP contribution is -2.09. The fraction of sp³-hybridized carbons (Fsp3) is 0.0769. The van der Waals surface area contributed by atoms with E-state index in [9.17, 15) is 9.18 Å². The monoisotopic (exact) mass is 478 g/mol. The van der Waals surface area contributed by atoms with Gasteiger partial charge in [-0.25, -0.2) is 9.37 Å². The number of halogens is 1. The highest BCUT2D eigenvalue weighted by molar-refractivity contribution is 5.97. The molecule has 0 aliphatic carbocycles. The minimum absolute atomic E-state index is 0.0912. The molecule has 36 heavy (non-hydrogen) atoms. The molecule has 10 heteroatoms. The van der Waals surface area contributed by atoms with E-state index in [-0.39, 0.29) is 11.7 Å². The first kappa shape index (κ1) is 21.5. The van der Waals surface area contributed by atoms with Gasteiger partial charge in [-0.3, -0.25) is 24.8 Å². The number of nitrogens with one attached hydrogen (secondary N) is 3. The van der Waals surface area contributed by atoms with Crippen LogP contribution in [-0.4, -0.2) is 41.0 Å². The van der Waals surface area contributed by atoms with Crippen molar-refractivity contribution < 1.29 is 9.18 Å². The SMILES string of the molecule is CCC(=O)Nc1cncc(-c2cc3c(-c4nc5c(-c6cccc(F)c6)nccc5[nH]4)n[nH]c3cn2)c1. The number of rotatable bonds is 5. The first-order valence-electron chi connectivity index (χ1n) is 11.3. The molecular weight excluding hydrogens is 459 g/mol. The summed E-state index contributed by atoms with van der Waals surface area (Å²) in [5, 5.41) is 11.1. The summed E-state index contributed by atoms with van der Waals surface area (Å²) in [6, 6.07) is 11.8. The minimum Gasteiger partial charge on any atom is -0.336 e. The number of H-pyrrole nitrogens is 2. The molecule has 6 rings (SSSR count). The average Bonchev–Trinajstić information content (AvgIpc) is 3.52. The standard InChI is InChI=1S/C26H19FN8O/c1-2-22(36)31-17-9-15(11-28-12-17)20-10-18-21(13-30-20)34-35-24(18)26-32-19-6-7-29-23(25(19)33-26)14-4-3-5-16(27)8-14/h3-13H,2H2,1H3,(H,31,36)(H,32,33)(H,34,35). The smallest absolute Gasteiger partial charge is 0.224 e. The summed E-state index contributed by atoms with van der Waals surface area (Å²) in [5.41, 5.74) is 5.96. The van der Waals surface area contributed by atoms with Crippen molar-refractivity contribution in [1.82, 2.24) is 35.1 Å². The number of hydrogen-bond acceptors (Lipinski definition) is 6. The number of amides is 1. The Morgan fingerprint density at radius 1 is 1.00 bits per heavy atom. The second-order valence-electron chi connectivity index (χ2n) is 8.20. The van der Waals surface area contributed by atoms with Crippen LogP contribution in [0, 0.1) is 5.82 Å². The topological polar surface area (TPSA) is 125 Å². The number of aromatic amines is 2. The molecule has 0 spiro atoms. The van der Waals surface area contributed by atoms with E-state index in [1.165, 1.54) is 12.1 Å². The largest absolute Gasteiger partial charge is 0.336 e. The van der Waals surface area contributed by atoms with Gasteiger partial charge in [0.2, 0.25) is 5.91 Å². The number of imidazole rings is 1. The molecule has 0 aliphatic rings. The third kappa shape index (κ3) is 3.84. The predicted molar refractivity (Wildman–Crippen MR) is 134 cm³/mol. The lowest BCUT2D eigenvalue weighted by Gasteiger charge is -2.06. The minimum atomic E-state index is -0.340. The van der Waals surface area contributed by atoms with Gasteiger partial charge < -0.3 is 10.3 Å². The lowest BCUT2D eigenvalue weighted by molar-refractivity contribution is -0.115. The van der Waals surface area contributed by atoms with E-state index in [2.05, 4.69) is 35.5 Å². The Morgan fingerprint density at radius 2 is 1.92 bits per heavy atom. The summed E-state index contributed by atoms with van der Waals surface area (Å²) >= 11 is 0. The van der Waals surface area contributed by atoms with Gasteiger partial charge in [-0.2, -0.15) is 5.10 Å². The van der Waals surface area contributed by atoms with E-state index < -0.39 is 0 Å². The van der Waals surface area contributed by atoms with Crippen LogP contribution in [0.15, 0.2) is 67.3 Å². The third-order valence-electron chi connectivity index (χ3n) is 5.81. The molecule has 1 aromatic carbocycles. The first-order chi connectivity index (χ1) is 17.6. The summed E-state index contributed by atoms with van der Waals surface area (Å²) in [6.07, 6.45) is 7.01. The number of carbonyl (C=O) groups excluding carboxylic acids is 1. The van der Waals surface area contributed by atoms with Gasteiger partial charge in [0.25, 0.3) is 0 Å². The van der Waals surface area contributed by atoms with Crippen LogP contribution in [0.25, 0.3) is 56.0 Å². The van der Waals surface area contributed by atoms with E-state index >= 15 is 0 Å². The summed E-state index contributed by atoms with van der Waals surface area (Å²) in [5.74, 6) is 0.112. The maximum Gasteiger partial charge on any atom is 0.224 e. The van der Waals surface area contributed by atoms with Gasteiger partial charge in [0, 0.05) is 35.3 Å². The summed E-state index contributed by atoms with van der Waals surface area (Å²) < 4.78 is 13.8. The summed E-state index contributed by atoms with van der Waals surface area (Å²) in [7, 11) is 0. The number of hydrogen-bond donors (Lipinski definition) is 3. The second kappa shape index (κ2) is 8.66. The fourth-order valence-corrected chi connectivity index (χ4v) is 4.05. The van der Waals surface area contributed by atoms with Crippen molar-refractivity contribution in [1.29, 1.82) is 0 Å². The number of nitrogens with zero attached hydrogens (tertiary/aromatic N) is 5. The zero-order valence-corrected chi connectivity index (χ0v) is 19.1. The van der Waals surface area contributed by atoms with Crippen molar-refractivity contribution in [3.05, 3.63) is 73.1 Å². The van der Waals surface area contributed by atoms with E-state index in [0.29, 0.717) is 46.1 Å². The zero-order chi connectivity index (χ0) is 24.6. The molecular formula is C26H19FN8O. The molecule has 6 aromatic rings. The van der Waals surface area contributed by atoms with Crippen LogP contribution >= 0.6 is 0 Å². The molecule has 0 saturated heterocycles. The Hall–Kier alpha value is -4.99. The summed E-state index contributed by atoms with van der Waals surface area (Å²) in [6.45, 7) is 1.79. The van der Waals surface area contributed by atoms with Gasteiger partial charge in [0.15, 0.2) is 5.82 Å². The molecule has 9 nitrogen and oxygen atoms in total. The van der Waals surface area contributed by atoms with Gasteiger partial charge >= 0.3 is 0 Å². The molecule has 0 bridgehead atoms. The van der Waals surface area contributed by atoms with Crippen molar-refractivity contribution in [2.45, 2.75) is 13.3 Å². The van der Waals surface area contributed by atoms with Crippen molar-refractivity contribution in [3.8, 4) is 34.0 Å². The number of anilines is 1. The molecule has 3 N–H and O–H groups in total. The van der Waals surface area contributed by atoms with Crippen LogP contribution in [0.2, 0.25) is 0 Å². The van der Waals surface area contributed by atoms with E-state index in [1.54, 1.807) is 43.8 Å². The maximum atomic E-state index is 13.8. The fourth-order valence-electron chi connectivity index (χ4n) is 4.05. The van der Waals surface area contributed by atoms with E-state index in [1.807, 2.05) is 18.2 Å². The maximum absolute atomic E-state index is 13.8. The Morgan fingerprint density at radius 3 is 2.78 bits per heavy atom. The van der Waals surface area contributed by atoms with Gasteiger partial charge in [0.1, 0.15) is 17.0 Å². The van der Waals surface area contributed by atoms with Crippen LogP contribution < -0.4 is 5.32 Å². The Labute approximate surface area is 203 Å². The quantitative estimate of drug-likeness (QED) is 0.316. The van der Waals surface area contributed by atoms with Crippen molar-refractivity contribution >= 4 is 33.5 Å². The lowest BCUT2D eigenvalue weighted by atomic mass is 10.1. The summed E-state index contributed by atoms with van der Waals surface area (Å²) in [4.78, 5) is 33.1. The number of carbonyl (C=O) groups is 1. The molecule has 176 valence electrons. The highest BCUT2D eigenvalue weighted by atomic mass is 19.1. The Balaban J connectivity index is 1.43. The van der Waals surface area contributed by atoms with Crippen LogP contribution in [0.5, 0.6) is 0 Å². The molecule has 0 atom stereocenters. The van der Waals surface area contributed by atoms with E-state index in [0.717, 1.165) is 22.0 Å². The highest BCUT2D eigenvalue weighted by Crippen LogP contribution is 2.32. The number of fused-ring (bicyclic) bond motifs is 2. The van der Waals surface area contributed by atoms with Crippen molar-refractivity contribution in [3.63, 3.8) is 0 Å². The average molecular weight is 478 g/mol. The normalized spacial score (nSPS) is 11.3. The van der Waals surface area contributed by atoms with Gasteiger partial charge in [-0.05, 0) is 30.3 Å². The zero-order valence-electron chi connectivity index (χ0n) is 19.1. The molecule has 0 saturated carbocycles. The molecule has 0 unspecified atom stereocenters. The molecule has 0 radical (unpaired) electrons. The van der Waals surface area contributed by atoms with Crippen LogP contribution in [0.1, 0.15) is 13.3 Å². The number of pyridine rings is 3. The highest BCUT2D eigenvalue weighted by Gasteiger charge is 2.17. The molecule has 5 aromatic heterocycles. The van der Waals surface area contributed by atoms with Crippen LogP contribution in [0.4, 0.5) is 10.1 Å². The second-order valence-corrected chi connectivity index (χ2v) is 8.20. The Bertz CT molecular complexity index is 1760. The van der Waals surface area contributed by atoms with Crippen LogP contribution in [-0.2, 0) is 4.79 Å². The van der Waals surface area contributed by atoms with Crippen molar-refractivity contribution in [2.75, 3.05) is 5.32 Å². The van der Waals surface area contributed by atoms with Gasteiger partial charge in [0.05, 0.1) is 40.5 Å². The van der Waals surface area contributed by atoms with Crippen LogP contribution in [0.3, 0.4) is 0 Å².